The van der Waals surface area contributed by atoms with E-state index in [1.165, 1.54) is 24.3 Å². The van der Waals surface area contributed by atoms with Crippen LogP contribution in [0.25, 0.3) is 0 Å². The maximum absolute atomic E-state index is 13.3. The lowest BCUT2D eigenvalue weighted by molar-refractivity contribution is -0.171. The molecule has 0 aliphatic rings. The molecule has 0 spiro atoms. The van der Waals surface area contributed by atoms with E-state index in [2.05, 4.69) is 11.8 Å². The molecule has 0 heterocycles. The number of aryl methyl sites for hydroxylation is 1. The minimum atomic E-state index is -4.63. The third-order valence-corrected chi connectivity index (χ3v) is 3.34. The summed E-state index contributed by atoms with van der Waals surface area (Å²) in [5.41, 5.74) is 3.93. The second-order valence-corrected chi connectivity index (χ2v) is 4.96. The van der Waals surface area contributed by atoms with Crippen molar-refractivity contribution in [2.45, 2.75) is 24.6 Å². The number of alkyl halides is 3. The first-order valence-corrected chi connectivity index (χ1v) is 6.88. The number of rotatable bonds is 3. The van der Waals surface area contributed by atoms with E-state index in [1.807, 2.05) is 30.3 Å². The topological polar surface area (TPSA) is 26.0 Å². The van der Waals surface area contributed by atoms with Gasteiger partial charge in [-0.2, -0.15) is 13.2 Å². The van der Waals surface area contributed by atoms with Gasteiger partial charge in [0.15, 0.2) is 5.54 Å². The minimum absolute atomic E-state index is 0.0466. The first-order chi connectivity index (χ1) is 10.4. The molecule has 0 bridgehead atoms. The zero-order valence-corrected chi connectivity index (χ0v) is 11.9. The van der Waals surface area contributed by atoms with Crippen molar-refractivity contribution in [2.24, 2.45) is 5.73 Å². The number of hydrogen-bond acceptors (Lipinski definition) is 1. The van der Waals surface area contributed by atoms with Crippen LogP contribution in [0.15, 0.2) is 60.7 Å². The summed E-state index contributed by atoms with van der Waals surface area (Å²) in [6.07, 6.45) is -3.71. The summed E-state index contributed by atoms with van der Waals surface area (Å²) in [4.78, 5) is 0. The monoisotopic (exact) mass is 303 g/mol. The quantitative estimate of drug-likeness (QED) is 0.851. The van der Waals surface area contributed by atoms with Crippen molar-refractivity contribution in [3.8, 4) is 11.8 Å². The van der Waals surface area contributed by atoms with Crippen LogP contribution in [-0.4, -0.2) is 6.18 Å². The van der Waals surface area contributed by atoms with Crippen LogP contribution >= 0.6 is 0 Å². The Labute approximate surface area is 128 Å². The predicted molar refractivity (Wildman–Crippen MR) is 80.9 cm³/mol. The Morgan fingerprint density at radius 2 is 1.41 bits per heavy atom. The molecule has 22 heavy (non-hydrogen) atoms. The molecule has 2 aromatic rings. The van der Waals surface area contributed by atoms with Crippen LogP contribution in [0.4, 0.5) is 13.2 Å². The molecule has 0 radical (unpaired) electrons. The highest BCUT2D eigenvalue weighted by atomic mass is 19.4. The van der Waals surface area contributed by atoms with Gasteiger partial charge >= 0.3 is 6.18 Å². The lowest BCUT2D eigenvalue weighted by Crippen LogP contribution is -2.49. The molecule has 0 aromatic heterocycles. The Morgan fingerprint density at radius 1 is 0.864 bits per heavy atom. The largest absolute Gasteiger partial charge is 0.422 e. The van der Waals surface area contributed by atoms with Gasteiger partial charge in [-0.25, -0.2) is 0 Å². The lowest BCUT2D eigenvalue weighted by atomic mass is 9.90. The van der Waals surface area contributed by atoms with Gasteiger partial charge in [0, 0.05) is 6.42 Å². The number of halogens is 3. The van der Waals surface area contributed by atoms with Gasteiger partial charge in [-0.15, -0.1) is 5.92 Å². The predicted octanol–water partition coefficient (Wildman–Crippen LogP) is 4.04. The summed E-state index contributed by atoms with van der Waals surface area (Å²) in [6.45, 7) is 0. The molecule has 0 aliphatic carbocycles. The number of hydrogen-bond donors (Lipinski definition) is 1. The van der Waals surface area contributed by atoms with E-state index < -0.39 is 11.7 Å². The molecule has 2 rings (SSSR count). The molecule has 1 nitrogen and oxygen atoms in total. The molecular formula is C18H16F3N. The third kappa shape index (κ3) is 3.69. The summed E-state index contributed by atoms with van der Waals surface area (Å²) in [5.74, 6) is 4.81. The summed E-state index contributed by atoms with van der Waals surface area (Å²) in [7, 11) is 0. The Hall–Kier alpha value is -2.25. The normalized spacial score (nSPS) is 13.8. The van der Waals surface area contributed by atoms with Gasteiger partial charge in [-0.3, -0.25) is 0 Å². The van der Waals surface area contributed by atoms with Crippen molar-refractivity contribution in [1.29, 1.82) is 0 Å². The zero-order chi connectivity index (χ0) is 16.1. The molecule has 0 saturated carbocycles. The summed E-state index contributed by atoms with van der Waals surface area (Å²) in [6, 6.07) is 16.9. The Morgan fingerprint density at radius 3 is 1.95 bits per heavy atom. The number of nitrogens with two attached hydrogens (primary N) is 1. The molecule has 114 valence electrons. The van der Waals surface area contributed by atoms with Crippen LogP contribution < -0.4 is 5.73 Å². The van der Waals surface area contributed by atoms with E-state index in [0.29, 0.717) is 12.8 Å². The van der Waals surface area contributed by atoms with Crippen molar-refractivity contribution < 1.29 is 13.2 Å². The molecule has 1 unspecified atom stereocenters. The highest BCUT2D eigenvalue weighted by Gasteiger charge is 2.52. The van der Waals surface area contributed by atoms with Crippen LogP contribution in [0.3, 0.4) is 0 Å². The summed E-state index contributed by atoms with van der Waals surface area (Å²) >= 11 is 0. The molecule has 0 saturated heterocycles. The fourth-order valence-electron chi connectivity index (χ4n) is 2.06. The van der Waals surface area contributed by atoms with Crippen molar-refractivity contribution in [1.82, 2.24) is 0 Å². The van der Waals surface area contributed by atoms with E-state index in [-0.39, 0.29) is 5.56 Å². The van der Waals surface area contributed by atoms with Crippen LogP contribution in [-0.2, 0) is 12.0 Å². The van der Waals surface area contributed by atoms with Gasteiger partial charge in [-0.1, -0.05) is 66.6 Å². The van der Waals surface area contributed by atoms with Crippen molar-refractivity contribution in [3.05, 3.63) is 71.8 Å². The van der Waals surface area contributed by atoms with Crippen molar-refractivity contribution in [2.75, 3.05) is 0 Å². The standard InChI is InChI=1S/C18H16F3N/c19-18(20,21)17(22,16-12-5-2-6-13-16)14-8-7-11-15-9-3-1-4-10-15/h1-6,9-10,12-13H,7,11,22H2. The molecule has 4 heteroatoms. The highest BCUT2D eigenvalue weighted by Crippen LogP contribution is 2.36. The van der Waals surface area contributed by atoms with E-state index in [1.54, 1.807) is 6.07 Å². The van der Waals surface area contributed by atoms with Crippen LogP contribution in [0.1, 0.15) is 17.5 Å². The van der Waals surface area contributed by atoms with Gasteiger partial charge in [0.25, 0.3) is 0 Å². The second-order valence-electron chi connectivity index (χ2n) is 4.96. The Kier molecular flexibility index (Phi) is 4.89. The Balaban J connectivity index is 2.17. The SMILES string of the molecule is NC(C#CCCc1ccccc1)(c1ccccc1)C(F)(F)F. The summed E-state index contributed by atoms with van der Waals surface area (Å²) in [5, 5.41) is 0. The molecule has 0 amide bonds. The molecule has 0 aliphatic heterocycles. The average molecular weight is 303 g/mol. The van der Waals surface area contributed by atoms with Gasteiger partial charge in [-0.05, 0) is 17.5 Å². The third-order valence-electron chi connectivity index (χ3n) is 3.34. The maximum Gasteiger partial charge on any atom is 0.422 e. The van der Waals surface area contributed by atoms with Crippen molar-refractivity contribution >= 4 is 0 Å². The highest BCUT2D eigenvalue weighted by molar-refractivity contribution is 5.36. The van der Waals surface area contributed by atoms with Gasteiger partial charge in [0.05, 0.1) is 0 Å². The van der Waals surface area contributed by atoms with E-state index in [0.717, 1.165) is 5.56 Å². The van der Waals surface area contributed by atoms with E-state index >= 15 is 0 Å². The van der Waals surface area contributed by atoms with Gasteiger partial charge < -0.3 is 5.73 Å². The average Bonchev–Trinajstić information content (AvgIpc) is 2.52. The molecule has 2 aromatic carbocycles. The fraction of sp³-hybridized carbons (Fsp3) is 0.222. The van der Waals surface area contributed by atoms with Crippen molar-refractivity contribution in [3.63, 3.8) is 0 Å². The first-order valence-electron chi connectivity index (χ1n) is 6.88. The number of benzene rings is 2. The molecule has 1 atom stereocenters. The van der Waals surface area contributed by atoms with Crippen LogP contribution in [0, 0.1) is 11.8 Å². The lowest BCUT2D eigenvalue weighted by Gasteiger charge is -2.27. The van der Waals surface area contributed by atoms with E-state index in [4.69, 9.17) is 5.73 Å². The smallest absolute Gasteiger partial charge is 0.304 e. The van der Waals surface area contributed by atoms with E-state index in [9.17, 15) is 13.2 Å². The molecule has 0 fully saturated rings. The fourth-order valence-corrected chi connectivity index (χ4v) is 2.06. The maximum atomic E-state index is 13.3. The van der Waals surface area contributed by atoms with Crippen LogP contribution in [0.2, 0.25) is 0 Å². The van der Waals surface area contributed by atoms with Gasteiger partial charge in [0.1, 0.15) is 0 Å². The zero-order valence-electron chi connectivity index (χ0n) is 11.9. The minimum Gasteiger partial charge on any atom is -0.304 e. The van der Waals surface area contributed by atoms with Crippen LogP contribution in [0.5, 0.6) is 0 Å². The summed E-state index contributed by atoms with van der Waals surface area (Å²) < 4.78 is 39.9. The second kappa shape index (κ2) is 6.67. The first kappa shape index (κ1) is 16.1. The Bertz CT molecular complexity index is 653. The molecule has 2 N–H and O–H groups in total. The molecular weight excluding hydrogens is 287 g/mol. The van der Waals surface area contributed by atoms with Gasteiger partial charge in [0.2, 0.25) is 0 Å².